The third-order valence-electron chi connectivity index (χ3n) is 6.11. The van der Waals surface area contributed by atoms with Gasteiger partial charge >= 0.3 is 0 Å². The molecule has 0 radical (unpaired) electrons. The van der Waals surface area contributed by atoms with Crippen molar-refractivity contribution in [1.82, 2.24) is 10.2 Å². The lowest BCUT2D eigenvalue weighted by Gasteiger charge is -2.33. The molecule has 1 atom stereocenters. The van der Waals surface area contributed by atoms with Gasteiger partial charge in [0.2, 0.25) is 21.8 Å². The highest BCUT2D eigenvalue weighted by Crippen LogP contribution is 2.24. The first-order chi connectivity index (χ1) is 17.1. The van der Waals surface area contributed by atoms with Crippen LogP contribution in [0.25, 0.3) is 0 Å². The van der Waals surface area contributed by atoms with Crippen LogP contribution in [0.3, 0.4) is 0 Å². The van der Waals surface area contributed by atoms with Crippen molar-refractivity contribution in [2.75, 3.05) is 17.1 Å². The Morgan fingerprint density at radius 2 is 1.70 bits per heavy atom. The van der Waals surface area contributed by atoms with Gasteiger partial charge in [-0.15, -0.1) is 0 Å². The Morgan fingerprint density at radius 3 is 2.24 bits per heavy atom. The molecule has 0 heterocycles. The molecular weight excluding hydrogens is 510 g/mol. The summed E-state index contributed by atoms with van der Waals surface area (Å²) in [6.07, 6.45) is 1.98. The van der Waals surface area contributed by atoms with E-state index in [1.807, 2.05) is 71.9 Å². The molecule has 9 heteroatoms. The molecule has 0 aliphatic heterocycles. The van der Waals surface area contributed by atoms with Crippen molar-refractivity contribution in [1.29, 1.82) is 0 Å². The number of nitrogens with one attached hydrogen (secondary N) is 1. The average Bonchev–Trinajstić information content (AvgIpc) is 2.77. The molecule has 0 saturated heterocycles. The summed E-state index contributed by atoms with van der Waals surface area (Å²) in [5.74, 6) is -0.465. The van der Waals surface area contributed by atoms with E-state index in [4.69, 9.17) is 11.6 Å². The van der Waals surface area contributed by atoms with Crippen LogP contribution in [0.5, 0.6) is 0 Å². The zero-order valence-corrected chi connectivity index (χ0v) is 24.5. The third kappa shape index (κ3) is 9.04. The molecular formula is C28H40ClN3O4S. The molecule has 204 valence electrons. The monoisotopic (exact) mass is 549 g/mol. The van der Waals surface area contributed by atoms with Crippen LogP contribution < -0.4 is 9.62 Å². The van der Waals surface area contributed by atoms with Crippen LogP contribution in [0.1, 0.15) is 63.6 Å². The second-order valence-corrected chi connectivity index (χ2v) is 12.8. The van der Waals surface area contributed by atoms with Crippen molar-refractivity contribution in [3.8, 4) is 0 Å². The largest absolute Gasteiger partial charge is 0.350 e. The van der Waals surface area contributed by atoms with Gasteiger partial charge in [-0.25, -0.2) is 8.42 Å². The molecule has 0 aliphatic rings. The van der Waals surface area contributed by atoms with Crippen LogP contribution in [0.2, 0.25) is 5.02 Å². The number of carbonyl (C=O) groups excluding carboxylic acids is 2. The summed E-state index contributed by atoms with van der Waals surface area (Å²) in [5, 5.41) is 3.50. The number of aryl methyl sites for hydroxylation is 2. The van der Waals surface area contributed by atoms with Crippen LogP contribution in [-0.4, -0.2) is 49.5 Å². The fourth-order valence-electron chi connectivity index (χ4n) is 4.07. The van der Waals surface area contributed by atoms with Gasteiger partial charge in [0.05, 0.1) is 11.9 Å². The molecule has 0 fully saturated rings. The van der Waals surface area contributed by atoms with E-state index in [1.165, 1.54) is 4.31 Å². The minimum Gasteiger partial charge on any atom is -0.350 e. The van der Waals surface area contributed by atoms with Gasteiger partial charge in [-0.05, 0) is 82.3 Å². The van der Waals surface area contributed by atoms with Crippen LogP contribution >= 0.6 is 11.6 Å². The first kappa shape index (κ1) is 30.6. The van der Waals surface area contributed by atoms with E-state index in [0.717, 1.165) is 22.9 Å². The highest BCUT2D eigenvalue weighted by Gasteiger charge is 2.31. The lowest BCUT2D eigenvalue weighted by atomic mass is 10.0. The molecule has 0 spiro atoms. The fourth-order valence-corrected chi connectivity index (χ4v) is 5.22. The maximum atomic E-state index is 13.5. The van der Waals surface area contributed by atoms with Crippen molar-refractivity contribution in [2.24, 2.45) is 0 Å². The summed E-state index contributed by atoms with van der Waals surface area (Å²) in [4.78, 5) is 28.2. The second-order valence-electron chi connectivity index (χ2n) is 10.5. The molecule has 0 saturated carbocycles. The maximum absolute atomic E-state index is 13.5. The molecule has 2 aromatic carbocycles. The normalized spacial score (nSPS) is 12.6. The van der Waals surface area contributed by atoms with Crippen molar-refractivity contribution in [3.05, 3.63) is 64.2 Å². The van der Waals surface area contributed by atoms with Crippen LogP contribution in [-0.2, 0) is 26.2 Å². The first-order valence-electron chi connectivity index (χ1n) is 12.5. The highest BCUT2D eigenvalue weighted by molar-refractivity contribution is 7.92. The van der Waals surface area contributed by atoms with Crippen LogP contribution in [0.15, 0.2) is 42.5 Å². The van der Waals surface area contributed by atoms with Gasteiger partial charge in [-0.3, -0.25) is 13.9 Å². The number of anilines is 1. The van der Waals surface area contributed by atoms with Crippen molar-refractivity contribution in [3.63, 3.8) is 0 Å². The lowest BCUT2D eigenvalue weighted by molar-refractivity contribution is -0.142. The minimum atomic E-state index is -3.55. The number of halogens is 1. The molecule has 37 heavy (non-hydrogen) atoms. The van der Waals surface area contributed by atoms with Crippen LogP contribution in [0, 0.1) is 13.8 Å². The number of amides is 2. The molecule has 7 nitrogen and oxygen atoms in total. The lowest BCUT2D eigenvalue weighted by Crippen LogP contribution is -2.53. The Balaban J connectivity index is 2.27. The van der Waals surface area contributed by atoms with Gasteiger partial charge in [0.15, 0.2) is 0 Å². The predicted octanol–water partition coefficient (Wildman–Crippen LogP) is 5.23. The second kappa shape index (κ2) is 12.8. The van der Waals surface area contributed by atoms with E-state index < -0.39 is 21.6 Å². The van der Waals surface area contributed by atoms with E-state index in [2.05, 4.69) is 5.32 Å². The molecule has 2 rings (SSSR count). The summed E-state index contributed by atoms with van der Waals surface area (Å²) in [6, 6.07) is 12.1. The van der Waals surface area contributed by atoms with Crippen molar-refractivity contribution in [2.45, 2.75) is 78.9 Å². The number of carbonyl (C=O) groups is 2. The van der Waals surface area contributed by atoms with Gasteiger partial charge in [0.1, 0.15) is 6.04 Å². The highest BCUT2D eigenvalue weighted by atomic mass is 35.5. The summed E-state index contributed by atoms with van der Waals surface area (Å²) in [6.45, 7) is 11.8. The number of sulfonamides is 1. The number of rotatable bonds is 11. The molecule has 2 amide bonds. The smallest absolute Gasteiger partial charge is 0.243 e. The zero-order chi connectivity index (χ0) is 28.0. The molecule has 0 aromatic heterocycles. The van der Waals surface area contributed by atoms with Gasteiger partial charge < -0.3 is 10.2 Å². The Bertz CT molecular complexity index is 1210. The average molecular weight is 550 g/mol. The van der Waals surface area contributed by atoms with Gasteiger partial charge in [0.25, 0.3) is 0 Å². The van der Waals surface area contributed by atoms with Gasteiger partial charge in [-0.1, -0.05) is 42.8 Å². The van der Waals surface area contributed by atoms with Crippen molar-refractivity contribution < 1.29 is 18.0 Å². The fraction of sp³-hybridized carbons (Fsp3) is 0.500. The summed E-state index contributed by atoms with van der Waals surface area (Å²) in [5.41, 5.74) is 2.92. The van der Waals surface area contributed by atoms with E-state index in [0.29, 0.717) is 23.6 Å². The van der Waals surface area contributed by atoms with Gasteiger partial charge in [0, 0.05) is 30.1 Å². The molecule has 0 aliphatic carbocycles. The molecule has 2 aromatic rings. The zero-order valence-electron chi connectivity index (χ0n) is 23.0. The van der Waals surface area contributed by atoms with E-state index >= 15 is 0 Å². The molecule has 0 unspecified atom stereocenters. The summed E-state index contributed by atoms with van der Waals surface area (Å²) >= 11 is 6.38. The SMILES string of the molecule is CC[C@H](C(=O)NC(C)(C)C)N(Cc1ccccc1Cl)C(=O)CCCN(c1ccc(C)c(C)c1)S(C)(=O)=O. The van der Waals surface area contributed by atoms with Gasteiger partial charge in [-0.2, -0.15) is 0 Å². The Hall–Kier alpha value is -2.58. The number of nitrogens with zero attached hydrogens (tertiary/aromatic N) is 2. The molecule has 1 N–H and O–H groups in total. The van der Waals surface area contributed by atoms with E-state index in [-0.39, 0.29) is 31.3 Å². The topological polar surface area (TPSA) is 86.8 Å². The Labute approximate surface area is 227 Å². The maximum Gasteiger partial charge on any atom is 0.243 e. The number of hydrogen-bond acceptors (Lipinski definition) is 4. The summed E-state index contributed by atoms with van der Waals surface area (Å²) < 4.78 is 26.4. The number of hydrogen-bond donors (Lipinski definition) is 1. The summed E-state index contributed by atoms with van der Waals surface area (Å²) in [7, 11) is -3.55. The Morgan fingerprint density at radius 1 is 1.05 bits per heavy atom. The van der Waals surface area contributed by atoms with E-state index in [1.54, 1.807) is 17.0 Å². The number of benzene rings is 2. The van der Waals surface area contributed by atoms with E-state index in [9.17, 15) is 18.0 Å². The standard InChI is InChI=1S/C28H40ClN3O4S/c1-8-25(27(34)30-28(4,5)6)31(19-22-12-9-10-13-24(22)29)26(33)14-11-17-32(37(7,35)36)23-16-15-20(2)21(3)18-23/h9-10,12-13,15-16,18,25H,8,11,14,17,19H2,1-7H3,(H,30,34)/t25-/m1/s1. The first-order valence-corrected chi connectivity index (χ1v) is 14.8. The van der Waals surface area contributed by atoms with Crippen molar-refractivity contribution >= 4 is 39.1 Å². The Kier molecular flexibility index (Phi) is 10.6. The minimum absolute atomic E-state index is 0.0839. The predicted molar refractivity (Wildman–Crippen MR) is 151 cm³/mol. The van der Waals surface area contributed by atoms with Crippen LogP contribution in [0.4, 0.5) is 5.69 Å². The quantitative estimate of drug-likeness (QED) is 0.416. The molecule has 0 bridgehead atoms. The third-order valence-corrected chi connectivity index (χ3v) is 7.68.